The van der Waals surface area contributed by atoms with Gasteiger partial charge in [-0.15, -0.1) is 10.2 Å². The van der Waals surface area contributed by atoms with E-state index >= 15 is 0 Å². The Morgan fingerprint density at radius 1 is 1.26 bits per heavy atom. The highest BCUT2D eigenvalue weighted by molar-refractivity contribution is 5.74. The van der Waals surface area contributed by atoms with Crippen molar-refractivity contribution in [1.82, 2.24) is 20.5 Å². The highest BCUT2D eigenvalue weighted by Crippen LogP contribution is 2.20. The first-order valence-electron chi connectivity index (χ1n) is 6.86. The molecule has 100 valence electrons. The lowest BCUT2D eigenvalue weighted by Gasteiger charge is -2.32. The van der Waals surface area contributed by atoms with Gasteiger partial charge in [-0.2, -0.15) is 0 Å². The Morgan fingerprint density at radius 3 is 2.95 bits per heavy atom. The summed E-state index contributed by atoms with van der Waals surface area (Å²) in [7, 11) is 2.01. The molecule has 1 aliphatic heterocycles. The summed E-state index contributed by atoms with van der Waals surface area (Å²) in [5, 5.41) is 11.8. The number of nitrogens with zero attached hydrogens (tertiary/aromatic N) is 4. The first-order valence-corrected chi connectivity index (χ1v) is 6.86. The van der Waals surface area contributed by atoms with Crippen LogP contribution in [-0.2, 0) is 0 Å². The minimum Gasteiger partial charge on any atom is -0.339 e. The van der Waals surface area contributed by atoms with Crippen LogP contribution in [0.5, 0.6) is 0 Å². The van der Waals surface area contributed by atoms with Crippen molar-refractivity contribution in [1.29, 1.82) is 0 Å². The third-order valence-electron chi connectivity index (χ3n) is 3.64. The van der Waals surface area contributed by atoms with Gasteiger partial charge in [-0.1, -0.05) is 12.1 Å². The number of piperidine rings is 1. The van der Waals surface area contributed by atoms with Gasteiger partial charge in [0.15, 0.2) is 0 Å². The molecular formula is C14H19N5. The SMILES string of the molecule is CNCC1CCCN(c2nnc3ccccc3n2)C1. The van der Waals surface area contributed by atoms with E-state index in [1.54, 1.807) is 0 Å². The fourth-order valence-corrected chi connectivity index (χ4v) is 2.71. The molecule has 0 aliphatic carbocycles. The van der Waals surface area contributed by atoms with E-state index in [4.69, 9.17) is 0 Å². The van der Waals surface area contributed by atoms with E-state index in [0.29, 0.717) is 5.92 Å². The van der Waals surface area contributed by atoms with Crippen LogP contribution in [0.15, 0.2) is 24.3 Å². The van der Waals surface area contributed by atoms with Crippen LogP contribution in [0, 0.1) is 5.92 Å². The lowest BCUT2D eigenvalue weighted by molar-refractivity contribution is 0.399. The van der Waals surface area contributed by atoms with Crippen molar-refractivity contribution < 1.29 is 0 Å². The van der Waals surface area contributed by atoms with Gasteiger partial charge in [-0.05, 0) is 44.5 Å². The first-order chi connectivity index (χ1) is 9.36. The summed E-state index contributed by atoms with van der Waals surface area (Å²) in [6.07, 6.45) is 2.47. The third-order valence-corrected chi connectivity index (χ3v) is 3.64. The van der Waals surface area contributed by atoms with Gasteiger partial charge in [0, 0.05) is 13.1 Å². The highest BCUT2D eigenvalue weighted by atomic mass is 15.3. The van der Waals surface area contributed by atoms with Crippen LogP contribution >= 0.6 is 0 Å². The largest absolute Gasteiger partial charge is 0.339 e. The van der Waals surface area contributed by atoms with Crippen LogP contribution in [0.3, 0.4) is 0 Å². The zero-order valence-corrected chi connectivity index (χ0v) is 11.2. The summed E-state index contributed by atoms with van der Waals surface area (Å²) < 4.78 is 0. The van der Waals surface area contributed by atoms with E-state index in [2.05, 4.69) is 25.4 Å². The van der Waals surface area contributed by atoms with E-state index in [9.17, 15) is 0 Å². The monoisotopic (exact) mass is 257 g/mol. The second kappa shape index (κ2) is 5.48. The normalized spacial score (nSPS) is 19.8. The quantitative estimate of drug-likeness (QED) is 0.902. The zero-order valence-electron chi connectivity index (χ0n) is 11.2. The average molecular weight is 257 g/mol. The molecule has 2 aromatic rings. The predicted octanol–water partition coefficient (Wildman–Crippen LogP) is 1.46. The first kappa shape index (κ1) is 12.3. The van der Waals surface area contributed by atoms with Gasteiger partial charge >= 0.3 is 0 Å². The zero-order chi connectivity index (χ0) is 13.1. The van der Waals surface area contributed by atoms with Crippen LogP contribution in [0.4, 0.5) is 5.95 Å². The second-order valence-corrected chi connectivity index (χ2v) is 5.11. The minimum absolute atomic E-state index is 0.675. The number of fused-ring (bicyclic) bond motifs is 1. The standard InChI is InChI=1S/C14H19N5/c1-15-9-11-5-4-8-19(10-11)14-16-12-6-2-3-7-13(12)17-18-14/h2-3,6-7,11,15H,4-5,8-10H2,1H3. The number of hydrogen-bond donors (Lipinski definition) is 1. The molecule has 3 rings (SSSR count). The maximum atomic E-state index is 4.63. The van der Waals surface area contributed by atoms with Crippen LogP contribution in [0.1, 0.15) is 12.8 Å². The molecule has 2 heterocycles. The molecule has 1 aromatic carbocycles. The Morgan fingerprint density at radius 2 is 2.11 bits per heavy atom. The van der Waals surface area contributed by atoms with Crippen molar-refractivity contribution in [3.63, 3.8) is 0 Å². The summed E-state index contributed by atoms with van der Waals surface area (Å²) in [6, 6.07) is 7.88. The summed E-state index contributed by atoms with van der Waals surface area (Å²) in [5.41, 5.74) is 1.78. The molecule has 1 aliphatic rings. The molecule has 1 unspecified atom stereocenters. The van der Waals surface area contributed by atoms with E-state index < -0.39 is 0 Å². The molecule has 5 heteroatoms. The van der Waals surface area contributed by atoms with E-state index in [1.165, 1.54) is 12.8 Å². The number of rotatable bonds is 3. The van der Waals surface area contributed by atoms with E-state index in [-0.39, 0.29) is 0 Å². The van der Waals surface area contributed by atoms with E-state index in [1.807, 2.05) is 31.3 Å². The van der Waals surface area contributed by atoms with Gasteiger partial charge in [-0.25, -0.2) is 4.98 Å². The van der Waals surface area contributed by atoms with Crippen LogP contribution in [0.25, 0.3) is 11.0 Å². The molecule has 1 N–H and O–H groups in total. The number of anilines is 1. The van der Waals surface area contributed by atoms with Gasteiger partial charge in [0.25, 0.3) is 0 Å². The molecular weight excluding hydrogens is 238 g/mol. The van der Waals surface area contributed by atoms with E-state index in [0.717, 1.165) is 36.6 Å². The summed E-state index contributed by atoms with van der Waals surface area (Å²) >= 11 is 0. The second-order valence-electron chi connectivity index (χ2n) is 5.11. The Kier molecular flexibility index (Phi) is 3.55. The van der Waals surface area contributed by atoms with Gasteiger partial charge in [-0.3, -0.25) is 0 Å². The minimum atomic E-state index is 0.675. The van der Waals surface area contributed by atoms with Crippen molar-refractivity contribution in [3.05, 3.63) is 24.3 Å². The van der Waals surface area contributed by atoms with Crippen LogP contribution in [0.2, 0.25) is 0 Å². The number of benzene rings is 1. The van der Waals surface area contributed by atoms with Gasteiger partial charge in [0.05, 0.1) is 5.52 Å². The van der Waals surface area contributed by atoms with Gasteiger partial charge in [0.1, 0.15) is 5.52 Å². The Labute approximate surface area is 113 Å². The van der Waals surface area contributed by atoms with Crippen molar-refractivity contribution in [2.45, 2.75) is 12.8 Å². The van der Waals surface area contributed by atoms with Gasteiger partial charge < -0.3 is 10.2 Å². The Bertz CT molecular complexity index is 554. The number of hydrogen-bond acceptors (Lipinski definition) is 5. The molecule has 0 radical (unpaired) electrons. The molecule has 1 saturated heterocycles. The average Bonchev–Trinajstić information content (AvgIpc) is 2.47. The molecule has 5 nitrogen and oxygen atoms in total. The number of aromatic nitrogens is 3. The van der Waals surface area contributed by atoms with Gasteiger partial charge in [0.2, 0.25) is 5.95 Å². The number of nitrogens with one attached hydrogen (secondary N) is 1. The topological polar surface area (TPSA) is 53.9 Å². The fraction of sp³-hybridized carbons (Fsp3) is 0.500. The summed E-state index contributed by atoms with van der Waals surface area (Å²) in [6.45, 7) is 3.10. The maximum Gasteiger partial charge on any atom is 0.245 e. The van der Waals surface area contributed by atoms with Crippen molar-refractivity contribution in [2.24, 2.45) is 5.92 Å². The molecule has 1 aromatic heterocycles. The van der Waals surface area contributed by atoms with Crippen LogP contribution < -0.4 is 10.2 Å². The fourth-order valence-electron chi connectivity index (χ4n) is 2.71. The van der Waals surface area contributed by atoms with Crippen molar-refractivity contribution in [3.8, 4) is 0 Å². The molecule has 0 saturated carbocycles. The molecule has 1 fully saturated rings. The Hall–Kier alpha value is -1.75. The smallest absolute Gasteiger partial charge is 0.245 e. The molecule has 19 heavy (non-hydrogen) atoms. The molecule has 1 atom stereocenters. The predicted molar refractivity (Wildman–Crippen MR) is 76.2 cm³/mol. The Balaban J connectivity index is 1.83. The highest BCUT2D eigenvalue weighted by Gasteiger charge is 2.21. The number of para-hydroxylation sites is 1. The molecule has 0 bridgehead atoms. The molecule has 0 spiro atoms. The lowest BCUT2D eigenvalue weighted by Crippen LogP contribution is -2.40. The van der Waals surface area contributed by atoms with Crippen molar-refractivity contribution >= 4 is 17.0 Å². The lowest BCUT2D eigenvalue weighted by atomic mass is 9.98. The van der Waals surface area contributed by atoms with Crippen LogP contribution in [-0.4, -0.2) is 41.9 Å². The third kappa shape index (κ3) is 2.66. The maximum absolute atomic E-state index is 4.63. The summed E-state index contributed by atoms with van der Waals surface area (Å²) in [5.74, 6) is 1.44. The summed E-state index contributed by atoms with van der Waals surface area (Å²) in [4.78, 5) is 6.88. The molecule has 0 amide bonds. The van der Waals surface area contributed by atoms with Crippen molar-refractivity contribution in [2.75, 3.05) is 31.6 Å².